The zero-order valence-electron chi connectivity index (χ0n) is 10.0. The van der Waals surface area contributed by atoms with Gasteiger partial charge in [-0.3, -0.25) is 4.79 Å². The Hall–Kier alpha value is -0.540. The van der Waals surface area contributed by atoms with Crippen molar-refractivity contribution in [2.24, 2.45) is 0 Å². The van der Waals surface area contributed by atoms with Crippen LogP contribution in [0.5, 0.6) is 0 Å². The summed E-state index contributed by atoms with van der Waals surface area (Å²) in [5.41, 5.74) is -9.58. The van der Waals surface area contributed by atoms with Crippen LogP contribution in [0.1, 0.15) is 16.8 Å². The number of hydrogen-bond donors (Lipinski definition) is 0. The van der Waals surface area contributed by atoms with Gasteiger partial charge in [0, 0.05) is 27.7 Å². The van der Waals surface area contributed by atoms with E-state index in [2.05, 4.69) is 0 Å². The van der Waals surface area contributed by atoms with Gasteiger partial charge in [0.15, 0.2) is 5.78 Å². The van der Waals surface area contributed by atoms with Gasteiger partial charge in [0.2, 0.25) is 0 Å². The average molecular weight is 369 g/mol. The van der Waals surface area contributed by atoms with Crippen molar-refractivity contribution in [2.75, 3.05) is 5.88 Å². The molecule has 0 amide bonds. The molecule has 0 atom stereocenters. The van der Waals surface area contributed by atoms with Crippen LogP contribution in [-0.2, 0) is 0 Å². The third kappa shape index (κ3) is 6.84. The van der Waals surface area contributed by atoms with Crippen LogP contribution in [-0.4, -0.2) is 22.7 Å². The van der Waals surface area contributed by atoms with Gasteiger partial charge < -0.3 is 0 Å². The number of hydrogen-bond acceptors (Lipinski definition) is 3. The molecular formula is C11H7ClF6OS2. The summed E-state index contributed by atoms with van der Waals surface area (Å²) in [5, 5.41) is 0. The van der Waals surface area contributed by atoms with Crippen LogP contribution in [0.3, 0.4) is 0 Å². The van der Waals surface area contributed by atoms with Gasteiger partial charge in [0.1, 0.15) is 0 Å². The molecule has 1 aromatic carbocycles. The first-order chi connectivity index (χ1) is 9.52. The quantitative estimate of drug-likeness (QED) is 0.286. The number of ketones is 1. The van der Waals surface area contributed by atoms with Crippen LogP contribution in [0.25, 0.3) is 0 Å². The van der Waals surface area contributed by atoms with Gasteiger partial charge in [0.05, 0.1) is 0 Å². The van der Waals surface area contributed by atoms with Crippen molar-refractivity contribution in [2.45, 2.75) is 27.2 Å². The standard InChI is InChI=1S/C11H7ClF6OS2/c12-4-3-7(19)6-1-2-8(20-10(13,14)15)9(5-6)21-11(16,17)18/h1-2,5H,3-4H2. The molecule has 1 aromatic rings. The number of carbonyl (C=O) groups is 1. The smallest absolute Gasteiger partial charge is 0.294 e. The summed E-state index contributed by atoms with van der Waals surface area (Å²) in [6.07, 6.45) is -0.108. The van der Waals surface area contributed by atoms with Gasteiger partial charge in [-0.05, 0) is 35.7 Å². The SMILES string of the molecule is O=C(CCCl)c1ccc(SC(F)(F)F)c(SC(F)(F)F)c1. The Morgan fingerprint density at radius 1 is 1.00 bits per heavy atom. The van der Waals surface area contributed by atoms with E-state index >= 15 is 0 Å². The minimum Gasteiger partial charge on any atom is -0.294 e. The summed E-state index contributed by atoms with van der Waals surface area (Å²) in [4.78, 5) is 10.3. The Morgan fingerprint density at radius 3 is 2.00 bits per heavy atom. The average Bonchev–Trinajstić information content (AvgIpc) is 2.28. The number of Topliss-reactive ketones (excluding diaryl/α,β-unsaturated/α-hetero) is 1. The lowest BCUT2D eigenvalue weighted by atomic mass is 10.1. The molecule has 0 unspecified atom stereocenters. The maximum Gasteiger partial charge on any atom is 0.446 e. The molecule has 118 valence electrons. The van der Waals surface area contributed by atoms with Gasteiger partial charge in [-0.1, -0.05) is 6.07 Å². The summed E-state index contributed by atoms with van der Waals surface area (Å²) in [6.45, 7) is 0. The Labute approximate surface area is 129 Å². The second-order valence-corrected chi connectivity index (χ2v) is 6.21. The first-order valence-corrected chi connectivity index (χ1v) is 7.43. The maximum atomic E-state index is 12.4. The molecule has 0 saturated heterocycles. The van der Waals surface area contributed by atoms with E-state index in [0.717, 1.165) is 18.2 Å². The number of carbonyl (C=O) groups excluding carboxylic acids is 1. The van der Waals surface area contributed by atoms with Crippen molar-refractivity contribution in [1.82, 2.24) is 0 Å². The van der Waals surface area contributed by atoms with Crippen molar-refractivity contribution in [3.63, 3.8) is 0 Å². The van der Waals surface area contributed by atoms with Gasteiger partial charge in [-0.15, -0.1) is 11.6 Å². The van der Waals surface area contributed by atoms with Gasteiger partial charge in [-0.25, -0.2) is 0 Å². The van der Waals surface area contributed by atoms with E-state index in [1.54, 1.807) is 0 Å². The molecule has 0 aromatic heterocycles. The van der Waals surface area contributed by atoms with E-state index in [1.807, 2.05) is 0 Å². The van der Waals surface area contributed by atoms with E-state index in [1.165, 1.54) is 0 Å². The molecule has 0 fully saturated rings. The van der Waals surface area contributed by atoms with E-state index < -0.39 is 50.1 Å². The lowest BCUT2D eigenvalue weighted by Gasteiger charge is -2.13. The third-order valence-corrected chi connectivity index (χ3v) is 3.95. The zero-order valence-corrected chi connectivity index (χ0v) is 12.4. The topological polar surface area (TPSA) is 17.1 Å². The first kappa shape index (κ1) is 18.5. The molecular weight excluding hydrogens is 362 g/mol. The highest BCUT2D eigenvalue weighted by molar-refractivity contribution is 8.03. The fourth-order valence-corrected chi connectivity index (χ4v) is 2.90. The van der Waals surface area contributed by atoms with Crippen LogP contribution < -0.4 is 0 Å². The zero-order chi connectivity index (χ0) is 16.3. The van der Waals surface area contributed by atoms with E-state index in [4.69, 9.17) is 11.6 Å². The molecule has 21 heavy (non-hydrogen) atoms. The van der Waals surface area contributed by atoms with Crippen LogP contribution in [0, 0.1) is 0 Å². The Balaban J connectivity index is 3.16. The highest BCUT2D eigenvalue weighted by atomic mass is 35.5. The molecule has 1 nitrogen and oxygen atoms in total. The van der Waals surface area contributed by atoms with Crippen molar-refractivity contribution < 1.29 is 31.1 Å². The first-order valence-electron chi connectivity index (χ1n) is 5.26. The maximum absolute atomic E-state index is 12.4. The normalized spacial score (nSPS) is 12.5. The highest BCUT2D eigenvalue weighted by Gasteiger charge is 2.35. The minimum atomic E-state index is -4.75. The molecule has 0 bridgehead atoms. The lowest BCUT2D eigenvalue weighted by molar-refractivity contribution is -0.0346. The van der Waals surface area contributed by atoms with Crippen molar-refractivity contribution in [1.29, 1.82) is 0 Å². The Morgan fingerprint density at radius 2 is 1.52 bits per heavy atom. The van der Waals surface area contributed by atoms with E-state index in [-0.39, 0.29) is 17.9 Å². The Bertz CT molecular complexity index is 514. The molecule has 0 saturated carbocycles. The second-order valence-electron chi connectivity index (χ2n) is 3.62. The predicted molar refractivity (Wildman–Crippen MR) is 69.9 cm³/mol. The molecule has 0 radical (unpaired) electrons. The lowest BCUT2D eigenvalue weighted by Crippen LogP contribution is -2.05. The summed E-state index contributed by atoms with van der Waals surface area (Å²) in [5.74, 6) is -0.558. The number of benzene rings is 1. The number of thioether (sulfide) groups is 2. The van der Waals surface area contributed by atoms with E-state index in [0.29, 0.717) is 0 Å². The van der Waals surface area contributed by atoms with Crippen molar-refractivity contribution in [3.05, 3.63) is 23.8 Å². The number of alkyl halides is 7. The minimum absolute atomic E-state index is 0.0281. The molecule has 0 aliphatic rings. The molecule has 10 heteroatoms. The molecule has 0 spiro atoms. The van der Waals surface area contributed by atoms with Crippen LogP contribution in [0.15, 0.2) is 28.0 Å². The van der Waals surface area contributed by atoms with Crippen LogP contribution >= 0.6 is 35.1 Å². The second kappa shape index (κ2) is 7.15. The summed E-state index contributed by atoms with van der Waals surface area (Å²) in [7, 11) is 0. The van der Waals surface area contributed by atoms with Crippen LogP contribution in [0.4, 0.5) is 26.3 Å². The molecule has 1 rings (SSSR count). The summed E-state index contributed by atoms with van der Waals surface area (Å²) in [6, 6.07) is 2.72. The Kier molecular flexibility index (Phi) is 6.30. The monoisotopic (exact) mass is 368 g/mol. The molecule has 0 N–H and O–H groups in total. The van der Waals surface area contributed by atoms with Gasteiger partial charge >= 0.3 is 11.0 Å². The third-order valence-electron chi connectivity index (χ3n) is 2.04. The van der Waals surface area contributed by atoms with Gasteiger partial charge in [-0.2, -0.15) is 26.3 Å². The number of halogens is 7. The largest absolute Gasteiger partial charge is 0.446 e. The van der Waals surface area contributed by atoms with Crippen molar-refractivity contribution in [3.8, 4) is 0 Å². The summed E-state index contributed by atoms with van der Waals surface area (Å²) >= 11 is 4.01. The fraction of sp³-hybridized carbons (Fsp3) is 0.364. The number of rotatable bonds is 5. The van der Waals surface area contributed by atoms with Crippen LogP contribution in [0.2, 0.25) is 0 Å². The van der Waals surface area contributed by atoms with Gasteiger partial charge in [0.25, 0.3) is 0 Å². The molecule has 0 aliphatic heterocycles. The fourth-order valence-electron chi connectivity index (χ4n) is 1.33. The highest BCUT2D eigenvalue weighted by Crippen LogP contribution is 2.46. The van der Waals surface area contributed by atoms with E-state index in [9.17, 15) is 31.1 Å². The molecule has 0 aliphatic carbocycles. The molecule has 0 heterocycles. The van der Waals surface area contributed by atoms with Crippen molar-refractivity contribution >= 4 is 40.9 Å². The summed E-state index contributed by atoms with van der Waals surface area (Å²) < 4.78 is 74.2. The predicted octanol–water partition coefficient (Wildman–Crippen LogP) is 5.72.